The van der Waals surface area contributed by atoms with Crippen LogP contribution in [0.2, 0.25) is 0 Å². The SMILES string of the molecule is c1ccc(N[N+](Nc2ccccc2)(C2CCCCC2)C2CCCCC2)cc1. The first kappa shape index (κ1) is 18.4. The summed E-state index contributed by atoms with van der Waals surface area (Å²) in [6.45, 7) is 0. The lowest BCUT2D eigenvalue weighted by Crippen LogP contribution is -2.68. The number of benzene rings is 2. The van der Waals surface area contributed by atoms with E-state index in [0.717, 1.165) is 4.70 Å². The molecule has 0 heterocycles. The molecule has 3 heteroatoms. The molecule has 2 aliphatic rings. The normalized spacial score (nSPS) is 19.6. The van der Waals surface area contributed by atoms with E-state index in [2.05, 4.69) is 71.5 Å². The fraction of sp³-hybridized carbons (Fsp3) is 0.500. The van der Waals surface area contributed by atoms with E-state index in [0.29, 0.717) is 12.1 Å². The number of quaternary nitrogens is 1. The lowest BCUT2D eigenvalue weighted by molar-refractivity contribution is -0.937. The lowest BCUT2D eigenvalue weighted by atomic mass is 9.89. The molecule has 2 aliphatic carbocycles. The molecule has 0 radical (unpaired) electrons. The molecule has 2 saturated carbocycles. The van der Waals surface area contributed by atoms with Crippen molar-refractivity contribution in [2.75, 3.05) is 10.9 Å². The number of nitrogens with one attached hydrogen (secondary N) is 2. The number of anilines is 2. The highest BCUT2D eigenvalue weighted by Crippen LogP contribution is 2.37. The molecule has 0 bridgehead atoms. The second-order valence-corrected chi connectivity index (χ2v) is 8.32. The van der Waals surface area contributed by atoms with E-state index in [1.807, 2.05) is 0 Å². The van der Waals surface area contributed by atoms with Gasteiger partial charge in [-0.25, -0.2) is 10.9 Å². The van der Waals surface area contributed by atoms with Gasteiger partial charge in [-0.2, -0.15) is 0 Å². The van der Waals surface area contributed by atoms with Crippen molar-refractivity contribution in [2.45, 2.75) is 76.3 Å². The average molecular weight is 365 g/mol. The van der Waals surface area contributed by atoms with Gasteiger partial charge in [-0.3, -0.25) is 0 Å². The zero-order valence-corrected chi connectivity index (χ0v) is 16.4. The van der Waals surface area contributed by atoms with E-state index in [1.165, 1.54) is 75.6 Å². The van der Waals surface area contributed by atoms with Crippen LogP contribution < -0.4 is 10.9 Å². The number of rotatable bonds is 6. The third kappa shape index (κ3) is 4.30. The lowest BCUT2D eigenvalue weighted by Gasteiger charge is -2.50. The molecule has 0 saturated heterocycles. The molecule has 0 unspecified atom stereocenters. The predicted molar refractivity (Wildman–Crippen MR) is 114 cm³/mol. The summed E-state index contributed by atoms with van der Waals surface area (Å²) in [4.78, 5) is 0. The third-order valence-electron chi connectivity index (χ3n) is 6.48. The molecule has 3 nitrogen and oxygen atoms in total. The van der Waals surface area contributed by atoms with Crippen LogP contribution in [-0.4, -0.2) is 16.8 Å². The van der Waals surface area contributed by atoms with Crippen LogP contribution in [0.25, 0.3) is 0 Å². The van der Waals surface area contributed by atoms with Crippen molar-refractivity contribution in [2.24, 2.45) is 0 Å². The van der Waals surface area contributed by atoms with Gasteiger partial charge < -0.3 is 0 Å². The van der Waals surface area contributed by atoms with Gasteiger partial charge in [0.1, 0.15) is 12.1 Å². The van der Waals surface area contributed by atoms with Crippen molar-refractivity contribution in [1.82, 2.24) is 0 Å². The Bertz CT molecular complexity index is 612. The molecule has 0 amide bonds. The summed E-state index contributed by atoms with van der Waals surface area (Å²) in [6, 6.07) is 22.8. The number of hydrogen-bond donors (Lipinski definition) is 2. The van der Waals surface area contributed by atoms with Gasteiger partial charge in [0.25, 0.3) is 0 Å². The average Bonchev–Trinajstić information content (AvgIpc) is 2.76. The molecular weight excluding hydrogens is 330 g/mol. The number of hydrogen-bond acceptors (Lipinski definition) is 2. The molecular formula is C24H34N3+. The Labute approximate surface area is 164 Å². The Morgan fingerprint density at radius 3 is 1.26 bits per heavy atom. The molecule has 2 aromatic carbocycles. The van der Waals surface area contributed by atoms with Gasteiger partial charge in [-0.1, -0.05) is 49.2 Å². The maximum atomic E-state index is 4.01. The van der Waals surface area contributed by atoms with Crippen molar-refractivity contribution in [1.29, 1.82) is 0 Å². The minimum Gasteiger partial charge on any atom is -0.212 e. The molecule has 0 aliphatic heterocycles. The summed E-state index contributed by atoms with van der Waals surface area (Å²) < 4.78 is 0.814. The minimum absolute atomic E-state index is 0.613. The van der Waals surface area contributed by atoms with E-state index in [9.17, 15) is 0 Å². The number of nitrogens with zero attached hydrogens (tertiary/aromatic N) is 1. The maximum absolute atomic E-state index is 4.01. The summed E-state index contributed by atoms with van der Waals surface area (Å²) in [7, 11) is 0. The first-order chi connectivity index (χ1) is 13.4. The Kier molecular flexibility index (Phi) is 5.98. The summed E-state index contributed by atoms with van der Waals surface area (Å²) >= 11 is 0. The Morgan fingerprint density at radius 2 is 0.889 bits per heavy atom. The van der Waals surface area contributed by atoms with E-state index in [-0.39, 0.29) is 0 Å². The quantitative estimate of drug-likeness (QED) is 0.450. The fourth-order valence-electron chi connectivity index (χ4n) is 5.12. The van der Waals surface area contributed by atoms with Gasteiger partial charge in [0.15, 0.2) is 0 Å². The van der Waals surface area contributed by atoms with E-state index >= 15 is 0 Å². The highest BCUT2D eigenvalue weighted by Gasteiger charge is 2.46. The van der Waals surface area contributed by atoms with Crippen LogP contribution in [0.3, 0.4) is 0 Å². The molecule has 144 valence electrons. The van der Waals surface area contributed by atoms with E-state index < -0.39 is 0 Å². The monoisotopic (exact) mass is 364 g/mol. The molecule has 2 fully saturated rings. The first-order valence-corrected chi connectivity index (χ1v) is 10.9. The van der Waals surface area contributed by atoms with Crippen molar-refractivity contribution in [3.63, 3.8) is 0 Å². The first-order valence-electron chi connectivity index (χ1n) is 10.9. The van der Waals surface area contributed by atoms with Crippen LogP contribution in [0.15, 0.2) is 60.7 Å². The van der Waals surface area contributed by atoms with Gasteiger partial charge >= 0.3 is 0 Å². The minimum atomic E-state index is 0.613. The van der Waals surface area contributed by atoms with Crippen LogP contribution in [0.1, 0.15) is 64.2 Å². The highest BCUT2D eigenvalue weighted by molar-refractivity contribution is 5.43. The van der Waals surface area contributed by atoms with Crippen LogP contribution in [0, 0.1) is 0 Å². The highest BCUT2D eigenvalue weighted by atomic mass is 15.9. The van der Waals surface area contributed by atoms with Crippen molar-refractivity contribution >= 4 is 11.4 Å². The van der Waals surface area contributed by atoms with Crippen LogP contribution in [0.4, 0.5) is 11.4 Å². The second-order valence-electron chi connectivity index (χ2n) is 8.32. The maximum Gasteiger partial charge on any atom is 0.135 e. The van der Waals surface area contributed by atoms with Crippen LogP contribution in [0.5, 0.6) is 0 Å². The largest absolute Gasteiger partial charge is 0.212 e. The van der Waals surface area contributed by atoms with Crippen molar-refractivity contribution in [3.8, 4) is 0 Å². The standard InChI is InChI=1S/C24H34N3/c1-5-13-21(14-6-1)25-27(23-17-9-3-10-18-23,24-19-11-4-12-20-24)26-22-15-7-2-8-16-22/h1-2,5-8,13-16,23-26H,3-4,9-12,17-20H2/q+1. The molecule has 2 N–H and O–H groups in total. The summed E-state index contributed by atoms with van der Waals surface area (Å²) in [5.74, 6) is 0. The predicted octanol–water partition coefficient (Wildman–Crippen LogP) is 6.52. The molecule has 2 aromatic rings. The van der Waals surface area contributed by atoms with Gasteiger partial charge in [0.05, 0.1) is 11.4 Å². The van der Waals surface area contributed by atoms with Crippen LogP contribution in [-0.2, 0) is 0 Å². The van der Waals surface area contributed by atoms with Gasteiger partial charge in [0, 0.05) is 25.7 Å². The molecule has 27 heavy (non-hydrogen) atoms. The van der Waals surface area contributed by atoms with Gasteiger partial charge in [-0.15, -0.1) is 4.70 Å². The Hall–Kier alpha value is -2.00. The summed E-state index contributed by atoms with van der Waals surface area (Å²) in [6.07, 6.45) is 13.4. The summed E-state index contributed by atoms with van der Waals surface area (Å²) in [5, 5.41) is 0. The van der Waals surface area contributed by atoms with E-state index in [4.69, 9.17) is 0 Å². The number of para-hydroxylation sites is 2. The van der Waals surface area contributed by atoms with Crippen molar-refractivity contribution in [3.05, 3.63) is 60.7 Å². The molecule has 0 atom stereocenters. The Balaban J connectivity index is 1.73. The molecule has 0 aromatic heterocycles. The molecule has 0 spiro atoms. The second kappa shape index (κ2) is 8.79. The van der Waals surface area contributed by atoms with Crippen molar-refractivity contribution < 1.29 is 4.70 Å². The molecule has 4 rings (SSSR count). The van der Waals surface area contributed by atoms with Gasteiger partial charge in [-0.05, 0) is 49.9 Å². The smallest absolute Gasteiger partial charge is 0.135 e. The summed E-state index contributed by atoms with van der Waals surface area (Å²) in [5.41, 5.74) is 10.5. The Morgan fingerprint density at radius 1 is 0.519 bits per heavy atom. The van der Waals surface area contributed by atoms with Gasteiger partial charge in [0.2, 0.25) is 0 Å². The zero-order valence-electron chi connectivity index (χ0n) is 16.4. The third-order valence-corrected chi connectivity index (χ3v) is 6.48. The zero-order chi connectivity index (χ0) is 18.4. The fourth-order valence-corrected chi connectivity index (χ4v) is 5.12. The van der Waals surface area contributed by atoms with Crippen LogP contribution >= 0.6 is 0 Å². The van der Waals surface area contributed by atoms with E-state index in [1.54, 1.807) is 0 Å². The topological polar surface area (TPSA) is 24.1 Å².